The molecule has 92 valence electrons. The fraction of sp³-hybridized carbons (Fsp3) is 1.00. The lowest BCUT2D eigenvalue weighted by molar-refractivity contribution is 0.143. The Morgan fingerprint density at radius 3 is 2.12 bits per heavy atom. The molecule has 3 fully saturated rings. The van der Waals surface area contributed by atoms with E-state index in [-0.39, 0.29) is 0 Å². The van der Waals surface area contributed by atoms with Crippen molar-refractivity contribution >= 4 is 0 Å². The van der Waals surface area contributed by atoms with Gasteiger partial charge in [0.15, 0.2) is 0 Å². The van der Waals surface area contributed by atoms with Gasteiger partial charge in [0.1, 0.15) is 0 Å². The zero-order chi connectivity index (χ0) is 11.1. The predicted octanol–water partition coefficient (Wildman–Crippen LogP) is 2.39. The average molecular weight is 222 g/mol. The average Bonchev–Trinajstić information content (AvgIpc) is 2.72. The van der Waals surface area contributed by atoms with Crippen molar-refractivity contribution in [1.82, 2.24) is 10.2 Å². The summed E-state index contributed by atoms with van der Waals surface area (Å²) in [6, 6.07) is 3.43. The minimum Gasteiger partial charge on any atom is -0.311 e. The molecule has 3 rings (SSSR count). The van der Waals surface area contributed by atoms with Gasteiger partial charge in [-0.2, -0.15) is 0 Å². The number of rotatable bonds is 2. The van der Waals surface area contributed by atoms with Gasteiger partial charge in [-0.25, -0.2) is 0 Å². The molecular formula is C14H26N2. The van der Waals surface area contributed by atoms with Crippen LogP contribution in [-0.2, 0) is 0 Å². The second-order valence-corrected chi connectivity index (χ2v) is 6.50. The van der Waals surface area contributed by atoms with Gasteiger partial charge in [0.25, 0.3) is 0 Å². The molecule has 0 spiro atoms. The van der Waals surface area contributed by atoms with Crippen LogP contribution < -0.4 is 5.32 Å². The van der Waals surface area contributed by atoms with Crippen LogP contribution in [0.5, 0.6) is 0 Å². The van der Waals surface area contributed by atoms with Gasteiger partial charge in [-0.05, 0) is 57.9 Å². The summed E-state index contributed by atoms with van der Waals surface area (Å²) in [6.07, 6.45) is 9.97. The van der Waals surface area contributed by atoms with Crippen molar-refractivity contribution in [2.45, 2.75) is 76.0 Å². The van der Waals surface area contributed by atoms with Crippen molar-refractivity contribution < 1.29 is 0 Å². The lowest BCUT2D eigenvalue weighted by atomic mass is 9.97. The smallest absolute Gasteiger partial charge is 0.0111 e. The van der Waals surface area contributed by atoms with Crippen molar-refractivity contribution in [2.75, 3.05) is 7.05 Å². The fourth-order valence-corrected chi connectivity index (χ4v) is 4.24. The first-order valence-corrected chi connectivity index (χ1v) is 7.20. The number of nitrogens with zero attached hydrogens (tertiary/aromatic N) is 1. The van der Waals surface area contributed by atoms with Crippen molar-refractivity contribution in [3.05, 3.63) is 0 Å². The summed E-state index contributed by atoms with van der Waals surface area (Å²) in [5.74, 6) is 0.959. The molecular weight excluding hydrogens is 196 g/mol. The summed E-state index contributed by atoms with van der Waals surface area (Å²) in [6.45, 7) is 2.40. The van der Waals surface area contributed by atoms with Crippen molar-refractivity contribution in [3.8, 4) is 0 Å². The zero-order valence-corrected chi connectivity index (χ0v) is 10.8. The standard InChI is InChI=1S/C14H26N2/c1-10-3-4-11(7-10)15-12-8-13-5-6-14(9-12)16(13)2/h10-15H,3-9H2,1-2H3. The molecule has 0 amide bonds. The van der Waals surface area contributed by atoms with E-state index in [1.165, 1.54) is 44.9 Å². The molecule has 3 aliphatic rings. The molecule has 16 heavy (non-hydrogen) atoms. The summed E-state index contributed by atoms with van der Waals surface area (Å²) in [5, 5.41) is 3.94. The van der Waals surface area contributed by atoms with Crippen molar-refractivity contribution in [2.24, 2.45) is 5.92 Å². The molecule has 2 nitrogen and oxygen atoms in total. The molecule has 4 atom stereocenters. The third kappa shape index (κ3) is 2.02. The van der Waals surface area contributed by atoms with Gasteiger partial charge in [0, 0.05) is 24.2 Å². The number of hydrogen-bond donors (Lipinski definition) is 1. The third-order valence-electron chi connectivity index (χ3n) is 5.26. The van der Waals surface area contributed by atoms with Crippen LogP contribution in [0.2, 0.25) is 0 Å². The topological polar surface area (TPSA) is 15.3 Å². The van der Waals surface area contributed by atoms with Gasteiger partial charge in [-0.15, -0.1) is 0 Å². The van der Waals surface area contributed by atoms with E-state index in [1.807, 2.05) is 0 Å². The molecule has 4 unspecified atom stereocenters. The second kappa shape index (κ2) is 4.30. The van der Waals surface area contributed by atoms with Gasteiger partial charge in [-0.1, -0.05) is 6.92 Å². The van der Waals surface area contributed by atoms with Gasteiger partial charge in [0.05, 0.1) is 0 Å². The van der Waals surface area contributed by atoms with Crippen LogP contribution in [0.1, 0.15) is 51.9 Å². The molecule has 2 saturated heterocycles. The van der Waals surface area contributed by atoms with Crippen LogP contribution in [0, 0.1) is 5.92 Å². The van der Waals surface area contributed by atoms with E-state index in [2.05, 4.69) is 24.2 Å². The minimum atomic E-state index is 0.823. The highest BCUT2D eigenvalue weighted by atomic mass is 15.2. The van der Waals surface area contributed by atoms with Gasteiger partial charge < -0.3 is 10.2 Å². The molecule has 0 aromatic rings. The Bertz CT molecular complexity index is 239. The molecule has 2 aliphatic heterocycles. The van der Waals surface area contributed by atoms with Crippen LogP contribution in [0.15, 0.2) is 0 Å². The molecule has 2 bridgehead atoms. The zero-order valence-electron chi connectivity index (χ0n) is 10.8. The normalized spacial score (nSPS) is 48.8. The number of fused-ring (bicyclic) bond motifs is 2. The maximum absolute atomic E-state index is 3.94. The summed E-state index contributed by atoms with van der Waals surface area (Å²) < 4.78 is 0. The Morgan fingerprint density at radius 1 is 0.875 bits per heavy atom. The van der Waals surface area contributed by atoms with E-state index < -0.39 is 0 Å². The van der Waals surface area contributed by atoms with Crippen LogP contribution in [0.3, 0.4) is 0 Å². The molecule has 2 heteroatoms. The number of piperidine rings is 1. The van der Waals surface area contributed by atoms with Gasteiger partial charge in [0.2, 0.25) is 0 Å². The molecule has 0 aromatic carbocycles. The summed E-state index contributed by atoms with van der Waals surface area (Å²) >= 11 is 0. The van der Waals surface area contributed by atoms with Crippen LogP contribution >= 0.6 is 0 Å². The highest BCUT2D eigenvalue weighted by Gasteiger charge is 2.39. The van der Waals surface area contributed by atoms with Crippen LogP contribution in [0.25, 0.3) is 0 Å². The second-order valence-electron chi connectivity index (χ2n) is 6.50. The van der Waals surface area contributed by atoms with E-state index >= 15 is 0 Å². The van der Waals surface area contributed by atoms with E-state index in [4.69, 9.17) is 0 Å². The van der Waals surface area contributed by atoms with E-state index in [0.29, 0.717) is 0 Å². The monoisotopic (exact) mass is 222 g/mol. The van der Waals surface area contributed by atoms with Gasteiger partial charge >= 0.3 is 0 Å². The third-order valence-corrected chi connectivity index (χ3v) is 5.26. The van der Waals surface area contributed by atoms with E-state index in [0.717, 1.165) is 30.1 Å². The Hall–Kier alpha value is -0.0800. The van der Waals surface area contributed by atoms with E-state index in [1.54, 1.807) is 0 Å². The summed E-state index contributed by atoms with van der Waals surface area (Å²) in [7, 11) is 2.33. The Kier molecular flexibility index (Phi) is 2.97. The largest absolute Gasteiger partial charge is 0.311 e. The molecule has 0 radical (unpaired) electrons. The SMILES string of the molecule is CC1CCC(NC2CC3CCC(C2)N3C)C1. The highest BCUT2D eigenvalue weighted by Crippen LogP contribution is 2.35. The first kappa shape index (κ1) is 11.0. The molecule has 0 aromatic heterocycles. The van der Waals surface area contributed by atoms with E-state index in [9.17, 15) is 0 Å². The molecule has 1 aliphatic carbocycles. The summed E-state index contributed by atoms with van der Waals surface area (Å²) in [5.41, 5.74) is 0. The number of nitrogens with one attached hydrogen (secondary N) is 1. The quantitative estimate of drug-likeness (QED) is 0.772. The maximum atomic E-state index is 3.94. The van der Waals surface area contributed by atoms with Crippen LogP contribution in [0.4, 0.5) is 0 Å². The lowest BCUT2D eigenvalue weighted by Crippen LogP contribution is -2.49. The van der Waals surface area contributed by atoms with Crippen LogP contribution in [-0.4, -0.2) is 36.1 Å². The Labute approximate surface area is 99.8 Å². The predicted molar refractivity (Wildman–Crippen MR) is 67.5 cm³/mol. The lowest BCUT2D eigenvalue weighted by Gasteiger charge is -2.38. The maximum Gasteiger partial charge on any atom is 0.0111 e. The fourth-order valence-electron chi connectivity index (χ4n) is 4.24. The molecule has 1 N–H and O–H groups in total. The minimum absolute atomic E-state index is 0.823. The Morgan fingerprint density at radius 2 is 1.56 bits per heavy atom. The number of hydrogen-bond acceptors (Lipinski definition) is 2. The highest BCUT2D eigenvalue weighted by molar-refractivity contribution is 4.97. The summed E-state index contributed by atoms with van der Waals surface area (Å²) in [4.78, 5) is 2.63. The molecule has 2 heterocycles. The Balaban J connectivity index is 1.53. The van der Waals surface area contributed by atoms with Crippen molar-refractivity contribution in [3.63, 3.8) is 0 Å². The first-order valence-electron chi connectivity index (χ1n) is 7.20. The molecule has 1 saturated carbocycles. The first-order chi connectivity index (χ1) is 7.72. The van der Waals surface area contributed by atoms with Crippen molar-refractivity contribution in [1.29, 1.82) is 0 Å². The van der Waals surface area contributed by atoms with Gasteiger partial charge in [-0.3, -0.25) is 0 Å².